The molecule has 90 valence electrons. The molecule has 0 aromatic carbocycles. The molecule has 4 nitrogen and oxygen atoms in total. The molecule has 0 aliphatic carbocycles. The van der Waals surface area contributed by atoms with E-state index in [0.29, 0.717) is 5.95 Å². The van der Waals surface area contributed by atoms with Crippen molar-refractivity contribution in [3.8, 4) is 0 Å². The molecule has 0 aliphatic rings. The van der Waals surface area contributed by atoms with Crippen molar-refractivity contribution in [2.75, 3.05) is 11.9 Å². The number of nitrogens with zero attached hydrogens (tertiary/aromatic N) is 2. The lowest BCUT2D eigenvalue weighted by molar-refractivity contribution is 0.196. The largest absolute Gasteiger partial charge is 0.392 e. The molecular weight excluding hydrogens is 222 g/mol. The molecule has 0 radical (unpaired) electrons. The SMILES string of the molecule is CCNc1nc(C)cc(SC(C)C(C)O)n1. The van der Waals surface area contributed by atoms with Gasteiger partial charge in [-0.2, -0.15) is 0 Å². The normalized spacial score (nSPS) is 14.6. The van der Waals surface area contributed by atoms with Crippen LogP contribution in [0.4, 0.5) is 5.95 Å². The van der Waals surface area contributed by atoms with Gasteiger partial charge in [0.15, 0.2) is 0 Å². The van der Waals surface area contributed by atoms with E-state index in [1.807, 2.05) is 26.8 Å². The van der Waals surface area contributed by atoms with E-state index in [1.165, 1.54) is 0 Å². The first-order valence-electron chi connectivity index (χ1n) is 5.47. The highest BCUT2D eigenvalue weighted by molar-refractivity contribution is 7.99. The summed E-state index contributed by atoms with van der Waals surface area (Å²) >= 11 is 1.56. The Balaban J connectivity index is 2.79. The van der Waals surface area contributed by atoms with Crippen LogP contribution in [0.5, 0.6) is 0 Å². The van der Waals surface area contributed by atoms with Gasteiger partial charge < -0.3 is 10.4 Å². The third-order valence-corrected chi connectivity index (χ3v) is 3.37. The maximum Gasteiger partial charge on any atom is 0.223 e. The Morgan fingerprint density at radius 2 is 2.12 bits per heavy atom. The van der Waals surface area contributed by atoms with Gasteiger partial charge in [0.2, 0.25) is 5.95 Å². The predicted octanol–water partition coefficient (Wildman–Crippen LogP) is 2.08. The summed E-state index contributed by atoms with van der Waals surface area (Å²) in [4.78, 5) is 8.65. The highest BCUT2D eigenvalue weighted by Gasteiger charge is 2.12. The summed E-state index contributed by atoms with van der Waals surface area (Å²) in [5.41, 5.74) is 0.936. The van der Waals surface area contributed by atoms with Gasteiger partial charge in [-0.15, -0.1) is 11.8 Å². The maximum absolute atomic E-state index is 9.44. The molecule has 1 rings (SSSR count). The molecule has 0 spiro atoms. The van der Waals surface area contributed by atoms with Crippen molar-refractivity contribution in [2.24, 2.45) is 0 Å². The number of hydrogen-bond acceptors (Lipinski definition) is 5. The van der Waals surface area contributed by atoms with Crippen molar-refractivity contribution < 1.29 is 5.11 Å². The second-order valence-corrected chi connectivity index (χ2v) is 5.16. The average Bonchev–Trinajstić information content (AvgIpc) is 2.16. The Morgan fingerprint density at radius 1 is 1.44 bits per heavy atom. The van der Waals surface area contributed by atoms with Crippen LogP contribution in [0, 0.1) is 6.92 Å². The zero-order valence-electron chi connectivity index (χ0n) is 10.2. The van der Waals surface area contributed by atoms with Crippen molar-refractivity contribution in [1.82, 2.24) is 9.97 Å². The van der Waals surface area contributed by atoms with E-state index in [2.05, 4.69) is 15.3 Å². The lowest BCUT2D eigenvalue weighted by Gasteiger charge is -2.14. The van der Waals surface area contributed by atoms with E-state index >= 15 is 0 Å². The first kappa shape index (κ1) is 13.3. The van der Waals surface area contributed by atoms with Crippen molar-refractivity contribution in [3.63, 3.8) is 0 Å². The topological polar surface area (TPSA) is 58.0 Å². The lowest BCUT2D eigenvalue weighted by atomic mass is 10.3. The van der Waals surface area contributed by atoms with Crippen LogP contribution in [0.25, 0.3) is 0 Å². The first-order valence-corrected chi connectivity index (χ1v) is 6.35. The zero-order valence-corrected chi connectivity index (χ0v) is 11.0. The fourth-order valence-corrected chi connectivity index (χ4v) is 2.08. The predicted molar refractivity (Wildman–Crippen MR) is 67.9 cm³/mol. The fourth-order valence-electron chi connectivity index (χ4n) is 1.13. The van der Waals surface area contributed by atoms with Crippen LogP contribution >= 0.6 is 11.8 Å². The third kappa shape index (κ3) is 3.98. The quantitative estimate of drug-likeness (QED) is 0.610. The van der Waals surface area contributed by atoms with Crippen LogP contribution < -0.4 is 5.32 Å². The highest BCUT2D eigenvalue weighted by atomic mass is 32.2. The number of aryl methyl sites for hydroxylation is 1. The molecule has 0 saturated carbocycles. The summed E-state index contributed by atoms with van der Waals surface area (Å²) in [7, 11) is 0. The number of anilines is 1. The number of thioether (sulfide) groups is 1. The summed E-state index contributed by atoms with van der Waals surface area (Å²) in [6.45, 7) is 8.53. The van der Waals surface area contributed by atoms with Gasteiger partial charge >= 0.3 is 0 Å². The second kappa shape index (κ2) is 6.06. The summed E-state index contributed by atoms with van der Waals surface area (Å²) in [6, 6.07) is 1.93. The second-order valence-electron chi connectivity index (χ2n) is 3.77. The minimum Gasteiger partial charge on any atom is -0.392 e. The van der Waals surface area contributed by atoms with Crippen LogP contribution in [0.3, 0.4) is 0 Å². The Kier molecular flexibility index (Phi) is 5.02. The van der Waals surface area contributed by atoms with Crippen LogP contribution in [0.1, 0.15) is 26.5 Å². The lowest BCUT2D eigenvalue weighted by Crippen LogP contribution is -2.15. The molecule has 0 amide bonds. The number of rotatable bonds is 5. The van der Waals surface area contributed by atoms with Gasteiger partial charge in [-0.25, -0.2) is 9.97 Å². The fraction of sp³-hybridized carbons (Fsp3) is 0.636. The van der Waals surface area contributed by atoms with Crippen LogP contribution in [0.15, 0.2) is 11.1 Å². The average molecular weight is 241 g/mol. The molecule has 2 atom stereocenters. The summed E-state index contributed by atoms with van der Waals surface area (Å²) in [5, 5.41) is 13.6. The molecule has 5 heteroatoms. The van der Waals surface area contributed by atoms with Gasteiger partial charge in [-0.05, 0) is 26.8 Å². The van der Waals surface area contributed by atoms with Gasteiger partial charge in [0.25, 0.3) is 0 Å². The van der Waals surface area contributed by atoms with Gasteiger partial charge in [-0.1, -0.05) is 6.92 Å². The number of aliphatic hydroxyl groups excluding tert-OH is 1. The number of aromatic nitrogens is 2. The number of aliphatic hydroxyl groups is 1. The molecule has 1 aromatic heterocycles. The van der Waals surface area contributed by atoms with Crippen LogP contribution in [0.2, 0.25) is 0 Å². The van der Waals surface area contributed by atoms with E-state index in [4.69, 9.17) is 0 Å². The number of hydrogen-bond donors (Lipinski definition) is 2. The highest BCUT2D eigenvalue weighted by Crippen LogP contribution is 2.24. The standard InChI is InChI=1S/C11H19N3OS/c1-5-12-11-13-7(2)6-10(14-11)16-9(4)8(3)15/h6,8-9,15H,5H2,1-4H3,(H,12,13,14). The Labute approximate surface area is 101 Å². The molecule has 2 N–H and O–H groups in total. The molecule has 16 heavy (non-hydrogen) atoms. The van der Waals surface area contributed by atoms with Crippen molar-refractivity contribution >= 4 is 17.7 Å². The molecule has 0 bridgehead atoms. The molecule has 0 aliphatic heterocycles. The zero-order chi connectivity index (χ0) is 12.1. The van der Waals surface area contributed by atoms with Crippen molar-refractivity contribution in [1.29, 1.82) is 0 Å². The van der Waals surface area contributed by atoms with Crippen LogP contribution in [-0.4, -0.2) is 33.0 Å². The van der Waals surface area contributed by atoms with E-state index < -0.39 is 0 Å². The first-order chi connectivity index (χ1) is 7.52. The van der Waals surface area contributed by atoms with E-state index in [-0.39, 0.29) is 11.4 Å². The molecule has 2 unspecified atom stereocenters. The monoisotopic (exact) mass is 241 g/mol. The smallest absolute Gasteiger partial charge is 0.223 e. The minimum atomic E-state index is -0.345. The van der Waals surface area contributed by atoms with E-state index in [9.17, 15) is 5.11 Å². The Hall–Kier alpha value is -0.810. The molecule has 1 aromatic rings. The number of nitrogens with one attached hydrogen (secondary N) is 1. The molecule has 0 saturated heterocycles. The minimum absolute atomic E-state index is 0.128. The molecular formula is C11H19N3OS. The summed E-state index contributed by atoms with van der Waals surface area (Å²) in [6.07, 6.45) is -0.345. The Morgan fingerprint density at radius 3 is 2.69 bits per heavy atom. The third-order valence-electron chi connectivity index (χ3n) is 2.15. The molecule has 0 fully saturated rings. The van der Waals surface area contributed by atoms with Gasteiger partial charge in [-0.3, -0.25) is 0 Å². The molecule has 1 heterocycles. The van der Waals surface area contributed by atoms with E-state index in [0.717, 1.165) is 17.3 Å². The van der Waals surface area contributed by atoms with Crippen molar-refractivity contribution in [3.05, 3.63) is 11.8 Å². The van der Waals surface area contributed by atoms with Gasteiger partial charge in [0, 0.05) is 17.5 Å². The maximum atomic E-state index is 9.44. The Bertz CT molecular complexity index is 344. The summed E-state index contributed by atoms with van der Waals surface area (Å²) < 4.78 is 0. The van der Waals surface area contributed by atoms with E-state index in [1.54, 1.807) is 18.7 Å². The van der Waals surface area contributed by atoms with Gasteiger partial charge in [0.1, 0.15) is 5.03 Å². The summed E-state index contributed by atoms with van der Waals surface area (Å²) in [5.74, 6) is 0.655. The van der Waals surface area contributed by atoms with Crippen LogP contribution in [-0.2, 0) is 0 Å². The van der Waals surface area contributed by atoms with Crippen molar-refractivity contribution in [2.45, 2.75) is 44.1 Å². The van der Waals surface area contributed by atoms with Gasteiger partial charge in [0.05, 0.1) is 6.10 Å².